The van der Waals surface area contributed by atoms with E-state index in [-0.39, 0.29) is 23.0 Å². The molecule has 2 aromatic carbocycles. The van der Waals surface area contributed by atoms with E-state index in [4.69, 9.17) is 0 Å². The molecule has 3 N–H and O–H groups in total. The number of carbonyl (C=O) groups is 1. The number of urea groups is 1. The molecule has 4 rings (SSSR count). The Labute approximate surface area is 184 Å². The summed E-state index contributed by atoms with van der Waals surface area (Å²) in [4.78, 5) is 39.5. The Bertz CT molecular complexity index is 1350. The fourth-order valence-electron chi connectivity index (χ4n) is 3.94. The predicted molar refractivity (Wildman–Crippen MR) is 120 cm³/mol. The second kappa shape index (κ2) is 8.99. The Morgan fingerprint density at radius 1 is 1.03 bits per heavy atom. The van der Waals surface area contributed by atoms with Crippen LogP contribution in [0.2, 0.25) is 0 Å². The van der Waals surface area contributed by atoms with Gasteiger partial charge in [0, 0.05) is 12.6 Å². The van der Waals surface area contributed by atoms with Crippen molar-refractivity contribution in [3.05, 3.63) is 74.9 Å². The number of sulfonamides is 1. The fraction of sp³-hybridized carbons (Fsp3) is 0.318. The van der Waals surface area contributed by atoms with Crippen molar-refractivity contribution >= 4 is 27.0 Å². The van der Waals surface area contributed by atoms with Gasteiger partial charge in [-0.3, -0.25) is 9.36 Å². The van der Waals surface area contributed by atoms with Gasteiger partial charge in [-0.05, 0) is 49.1 Å². The zero-order valence-electron chi connectivity index (χ0n) is 17.3. The molecule has 0 unspecified atom stereocenters. The Balaban J connectivity index is 1.43. The van der Waals surface area contributed by atoms with Crippen LogP contribution in [0.25, 0.3) is 10.9 Å². The number of fused-ring (bicyclic) bond motifs is 1. The smallest absolute Gasteiger partial charge is 0.328 e. The molecule has 1 aliphatic carbocycles. The first-order valence-corrected chi connectivity index (χ1v) is 12.0. The number of amides is 2. The number of nitrogens with one attached hydrogen (secondary N) is 3. The second-order valence-electron chi connectivity index (χ2n) is 7.89. The van der Waals surface area contributed by atoms with Gasteiger partial charge in [-0.1, -0.05) is 37.1 Å². The molecule has 0 bridgehead atoms. The summed E-state index contributed by atoms with van der Waals surface area (Å²) in [6.07, 6.45) is 4.11. The Morgan fingerprint density at radius 3 is 2.44 bits per heavy atom. The summed E-state index contributed by atoms with van der Waals surface area (Å²) in [5.74, 6) is 0. The molecule has 0 radical (unpaired) electrons. The van der Waals surface area contributed by atoms with E-state index in [1.165, 1.54) is 12.1 Å². The first kappa shape index (κ1) is 21.8. The molecule has 3 aromatic rings. The monoisotopic (exact) mass is 456 g/mol. The van der Waals surface area contributed by atoms with Crippen LogP contribution in [0.1, 0.15) is 31.2 Å². The molecule has 10 heteroatoms. The van der Waals surface area contributed by atoms with Gasteiger partial charge in [0.1, 0.15) is 0 Å². The average Bonchev–Trinajstić information content (AvgIpc) is 3.26. The van der Waals surface area contributed by atoms with Crippen molar-refractivity contribution in [3.63, 3.8) is 0 Å². The Hall–Kier alpha value is -3.40. The third kappa shape index (κ3) is 4.75. The number of aromatic nitrogens is 2. The van der Waals surface area contributed by atoms with E-state index >= 15 is 0 Å². The maximum Gasteiger partial charge on any atom is 0.328 e. The first-order valence-electron chi connectivity index (χ1n) is 10.5. The largest absolute Gasteiger partial charge is 0.335 e. The lowest BCUT2D eigenvalue weighted by Gasteiger charge is -2.13. The van der Waals surface area contributed by atoms with Gasteiger partial charge in [0.2, 0.25) is 0 Å². The number of rotatable bonds is 6. The van der Waals surface area contributed by atoms with E-state index in [2.05, 4.69) is 10.3 Å². The lowest BCUT2D eigenvalue weighted by molar-refractivity contribution is 0.242. The van der Waals surface area contributed by atoms with Gasteiger partial charge in [0.15, 0.2) is 0 Å². The third-order valence-electron chi connectivity index (χ3n) is 5.66. The van der Waals surface area contributed by atoms with Crippen LogP contribution in [0.5, 0.6) is 0 Å². The van der Waals surface area contributed by atoms with E-state index in [1.807, 2.05) is 4.72 Å². The lowest BCUT2D eigenvalue weighted by Crippen LogP contribution is -2.43. The highest BCUT2D eigenvalue weighted by atomic mass is 32.2. The maximum absolute atomic E-state index is 12.6. The van der Waals surface area contributed by atoms with Gasteiger partial charge in [0.05, 0.1) is 15.8 Å². The van der Waals surface area contributed by atoms with Crippen molar-refractivity contribution < 1.29 is 13.2 Å². The van der Waals surface area contributed by atoms with Crippen LogP contribution in [0.15, 0.2) is 63.0 Å². The molecule has 32 heavy (non-hydrogen) atoms. The minimum Gasteiger partial charge on any atom is -0.335 e. The molecule has 1 heterocycles. The van der Waals surface area contributed by atoms with Crippen LogP contribution >= 0.6 is 0 Å². The SMILES string of the molecule is O=C(NC1CCCC1)NS(=O)(=O)c1ccc(CCn2c(=O)[nH]c3ccccc3c2=O)cc1. The highest BCUT2D eigenvalue weighted by Crippen LogP contribution is 2.17. The van der Waals surface area contributed by atoms with Gasteiger partial charge in [0.25, 0.3) is 15.6 Å². The molecule has 1 fully saturated rings. The number of aryl methyl sites for hydroxylation is 1. The van der Waals surface area contributed by atoms with Crippen LogP contribution < -0.4 is 21.3 Å². The molecule has 1 aliphatic rings. The summed E-state index contributed by atoms with van der Waals surface area (Å²) >= 11 is 0. The molecular weight excluding hydrogens is 432 g/mol. The van der Waals surface area contributed by atoms with Gasteiger partial charge in [-0.2, -0.15) is 0 Å². The minimum absolute atomic E-state index is 0.00855. The Kier molecular flexibility index (Phi) is 6.13. The second-order valence-corrected chi connectivity index (χ2v) is 9.57. The third-order valence-corrected chi connectivity index (χ3v) is 7.01. The van der Waals surface area contributed by atoms with Crippen molar-refractivity contribution in [3.8, 4) is 0 Å². The average molecular weight is 457 g/mol. The predicted octanol–water partition coefficient (Wildman–Crippen LogP) is 1.86. The summed E-state index contributed by atoms with van der Waals surface area (Å²) in [5.41, 5.74) is 0.364. The van der Waals surface area contributed by atoms with E-state index < -0.39 is 21.7 Å². The van der Waals surface area contributed by atoms with Crippen LogP contribution in [0, 0.1) is 0 Å². The molecule has 1 aromatic heterocycles. The summed E-state index contributed by atoms with van der Waals surface area (Å²) < 4.78 is 28.1. The van der Waals surface area contributed by atoms with Crippen molar-refractivity contribution in [2.75, 3.05) is 0 Å². The highest BCUT2D eigenvalue weighted by Gasteiger charge is 2.21. The number of hydrogen-bond donors (Lipinski definition) is 3. The van der Waals surface area contributed by atoms with E-state index in [1.54, 1.807) is 36.4 Å². The molecule has 1 saturated carbocycles. The minimum atomic E-state index is -4.00. The van der Waals surface area contributed by atoms with Crippen molar-refractivity contribution in [1.29, 1.82) is 0 Å². The zero-order valence-corrected chi connectivity index (χ0v) is 18.2. The number of H-pyrrole nitrogens is 1. The quantitative estimate of drug-likeness (QED) is 0.521. The van der Waals surface area contributed by atoms with Gasteiger partial charge in [-0.25, -0.2) is 22.7 Å². The lowest BCUT2D eigenvalue weighted by atomic mass is 10.1. The highest BCUT2D eigenvalue weighted by molar-refractivity contribution is 7.90. The molecule has 9 nitrogen and oxygen atoms in total. The summed E-state index contributed by atoms with van der Waals surface area (Å²) in [6.45, 7) is 0.146. The normalized spacial score (nSPS) is 14.5. The first-order chi connectivity index (χ1) is 15.3. The maximum atomic E-state index is 12.6. The van der Waals surface area contributed by atoms with Crippen molar-refractivity contribution in [2.24, 2.45) is 0 Å². The van der Waals surface area contributed by atoms with Crippen LogP contribution in [0.4, 0.5) is 4.79 Å². The summed E-state index contributed by atoms with van der Waals surface area (Å²) in [5, 5.41) is 3.11. The number of para-hydroxylation sites is 1. The molecular formula is C22H24N4O5S. The van der Waals surface area contributed by atoms with Crippen molar-refractivity contribution in [2.45, 2.75) is 49.6 Å². The van der Waals surface area contributed by atoms with Crippen LogP contribution in [-0.2, 0) is 23.0 Å². The van der Waals surface area contributed by atoms with Crippen LogP contribution in [-0.4, -0.2) is 30.0 Å². The molecule has 2 amide bonds. The molecule has 168 valence electrons. The number of carbonyl (C=O) groups excluding carboxylic acids is 1. The summed E-state index contributed by atoms with van der Waals surface area (Å²) in [6, 6.07) is 12.1. The molecule has 0 saturated heterocycles. The van der Waals surface area contributed by atoms with Gasteiger partial charge >= 0.3 is 11.7 Å². The van der Waals surface area contributed by atoms with Gasteiger partial charge < -0.3 is 10.3 Å². The number of nitrogens with zero attached hydrogens (tertiary/aromatic N) is 1. The van der Waals surface area contributed by atoms with E-state index in [0.717, 1.165) is 35.8 Å². The fourth-order valence-corrected chi connectivity index (χ4v) is 4.86. The standard InChI is InChI=1S/C22H24N4O5S/c27-20-18-7-3-4-8-19(18)24-22(29)26(20)14-13-15-9-11-17(12-10-15)32(30,31)25-21(28)23-16-5-1-2-6-16/h3-4,7-12,16H,1-2,5-6,13-14H2,(H,24,29)(H2,23,25,28). The van der Waals surface area contributed by atoms with E-state index in [0.29, 0.717) is 17.3 Å². The van der Waals surface area contributed by atoms with Gasteiger partial charge in [-0.15, -0.1) is 0 Å². The molecule has 0 aliphatic heterocycles. The zero-order chi connectivity index (χ0) is 22.7. The number of hydrogen-bond acceptors (Lipinski definition) is 5. The van der Waals surface area contributed by atoms with Crippen molar-refractivity contribution in [1.82, 2.24) is 19.6 Å². The van der Waals surface area contributed by atoms with E-state index in [9.17, 15) is 22.8 Å². The number of benzene rings is 2. The molecule has 0 spiro atoms. The number of aromatic amines is 1. The summed E-state index contributed by atoms with van der Waals surface area (Å²) in [7, 11) is -4.00. The topological polar surface area (TPSA) is 130 Å². The molecule has 0 atom stereocenters. The Morgan fingerprint density at radius 2 is 1.72 bits per heavy atom. The van der Waals surface area contributed by atoms with Crippen LogP contribution in [0.3, 0.4) is 0 Å².